The minimum atomic E-state index is -0.267. The molecular weight excluding hydrogens is 460 g/mol. The lowest BCUT2D eigenvalue weighted by molar-refractivity contribution is -0.116. The highest BCUT2D eigenvalue weighted by atomic mass is 127. The van der Waals surface area contributed by atoms with Crippen LogP contribution in [0.25, 0.3) is 0 Å². The summed E-state index contributed by atoms with van der Waals surface area (Å²) in [6.45, 7) is 5.47. The minimum absolute atomic E-state index is 0. The number of pyridine rings is 1. The molecule has 0 atom stereocenters. The summed E-state index contributed by atoms with van der Waals surface area (Å²) in [5, 5.41) is 8.98. The fourth-order valence-corrected chi connectivity index (χ4v) is 2.14. The van der Waals surface area contributed by atoms with Gasteiger partial charge in [-0.05, 0) is 43.2 Å². The first-order chi connectivity index (χ1) is 12.6. The average Bonchev–Trinajstić information content (AvgIpc) is 2.63. The van der Waals surface area contributed by atoms with Gasteiger partial charge in [0.15, 0.2) is 5.96 Å². The van der Waals surface area contributed by atoms with Crippen LogP contribution in [0.3, 0.4) is 0 Å². The molecular formula is C19H25FIN5O. The number of hydrogen-bond acceptors (Lipinski definition) is 3. The molecule has 0 aliphatic heterocycles. The van der Waals surface area contributed by atoms with Crippen LogP contribution in [0.4, 0.5) is 10.2 Å². The number of carbonyl (C=O) groups is 1. The van der Waals surface area contributed by atoms with Crippen molar-refractivity contribution in [2.45, 2.75) is 26.8 Å². The summed E-state index contributed by atoms with van der Waals surface area (Å²) >= 11 is 0. The van der Waals surface area contributed by atoms with Gasteiger partial charge in [-0.25, -0.2) is 14.4 Å². The fraction of sp³-hybridized carbons (Fsp3) is 0.316. The highest BCUT2D eigenvalue weighted by molar-refractivity contribution is 14.0. The first kappa shape index (κ1) is 22.8. The smallest absolute Gasteiger partial charge is 0.227 e. The quantitative estimate of drug-likeness (QED) is 0.320. The maximum atomic E-state index is 12.9. The first-order valence-corrected chi connectivity index (χ1v) is 8.56. The first-order valence-electron chi connectivity index (χ1n) is 8.56. The number of halogens is 2. The van der Waals surface area contributed by atoms with Crippen LogP contribution in [-0.2, 0) is 11.3 Å². The summed E-state index contributed by atoms with van der Waals surface area (Å²) in [6.07, 6.45) is 2.00. The van der Waals surface area contributed by atoms with Crippen molar-refractivity contribution in [2.24, 2.45) is 4.99 Å². The number of rotatable bonds is 7. The van der Waals surface area contributed by atoms with Crippen molar-refractivity contribution >= 4 is 41.7 Å². The number of nitrogens with zero attached hydrogens (tertiary/aromatic N) is 2. The van der Waals surface area contributed by atoms with Crippen LogP contribution < -0.4 is 16.0 Å². The van der Waals surface area contributed by atoms with Gasteiger partial charge in [-0.3, -0.25) is 4.79 Å². The van der Waals surface area contributed by atoms with Gasteiger partial charge in [0, 0.05) is 25.7 Å². The van der Waals surface area contributed by atoms with Gasteiger partial charge in [-0.15, -0.1) is 24.0 Å². The minimum Gasteiger partial charge on any atom is -0.357 e. The van der Waals surface area contributed by atoms with Crippen molar-refractivity contribution in [3.63, 3.8) is 0 Å². The number of aliphatic imine (C=N–C) groups is 1. The Morgan fingerprint density at radius 2 is 1.89 bits per heavy atom. The number of guanidine groups is 1. The number of carbonyl (C=O) groups excluding carboxylic acids is 1. The summed E-state index contributed by atoms with van der Waals surface area (Å²) in [5.74, 6) is 0.760. The van der Waals surface area contributed by atoms with E-state index in [9.17, 15) is 9.18 Å². The van der Waals surface area contributed by atoms with Crippen molar-refractivity contribution in [3.05, 3.63) is 59.5 Å². The van der Waals surface area contributed by atoms with E-state index >= 15 is 0 Å². The second-order valence-corrected chi connectivity index (χ2v) is 5.77. The van der Waals surface area contributed by atoms with Gasteiger partial charge in [0.05, 0.1) is 6.54 Å². The molecule has 0 aliphatic carbocycles. The maximum absolute atomic E-state index is 12.9. The zero-order chi connectivity index (χ0) is 18.8. The molecule has 3 N–H and O–H groups in total. The van der Waals surface area contributed by atoms with Crippen LogP contribution >= 0.6 is 24.0 Å². The van der Waals surface area contributed by atoms with E-state index in [1.54, 1.807) is 24.4 Å². The Labute approximate surface area is 176 Å². The van der Waals surface area contributed by atoms with E-state index in [0.29, 0.717) is 31.4 Å². The number of aryl methyl sites for hydroxylation is 1. The number of anilines is 1. The molecule has 27 heavy (non-hydrogen) atoms. The zero-order valence-corrected chi connectivity index (χ0v) is 17.8. The second kappa shape index (κ2) is 12.2. The predicted octanol–water partition coefficient (Wildman–Crippen LogP) is 3.23. The molecule has 8 heteroatoms. The van der Waals surface area contributed by atoms with Crippen molar-refractivity contribution in [1.82, 2.24) is 15.6 Å². The van der Waals surface area contributed by atoms with Crippen LogP contribution in [0.1, 0.15) is 24.5 Å². The average molecular weight is 485 g/mol. The second-order valence-electron chi connectivity index (χ2n) is 5.77. The molecule has 2 aromatic rings. The molecule has 1 heterocycles. The number of aromatic nitrogens is 1. The van der Waals surface area contributed by atoms with E-state index < -0.39 is 0 Å². The lowest BCUT2D eigenvalue weighted by Crippen LogP contribution is -2.38. The lowest BCUT2D eigenvalue weighted by atomic mass is 10.2. The van der Waals surface area contributed by atoms with Crippen molar-refractivity contribution in [3.8, 4) is 0 Å². The Balaban J connectivity index is 0.00000364. The molecule has 6 nitrogen and oxygen atoms in total. The number of nitrogens with one attached hydrogen (secondary N) is 3. The van der Waals surface area contributed by atoms with Gasteiger partial charge >= 0.3 is 0 Å². The van der Waals surface area contributed by atoms with Crippen LogP contribution in [0.5, 0.6) is 0 Å². The molecule has 0 spiro atoms. The van der Waals surface area contributed by atoms with Crippen molar-refractivity contribution in [1.29, 1.82) is 0 Å². The van der Waals surface area contributed by atoms with E-state index in [4.69, 9.17) is 0 Å². The molecule has 0 unspecified atom stereocenters. The fourth-order valence-electron chi connectivity index (χ4n) is 2.14. The summed E-state index contributed by atoms with van der Waals surface area (Å²) in [4.78, 5) is 20.5. The van der Waals surface area contributed by atoms with Gasteiger partial charge < -0.3 is 16.0 Å². The Kier molecular flexibility index (Phi) is 10.3. The highest BCUT2D eigenvalue weighted by Gasteiger charge is 2.04. The lowest BCUT2D eigenvalue weighted by Gasteiger charge is -2.11. The molecule has 1 amide bonds. The zero-order valence-electron chi connectivity index (χ0n) is 15.5. The summed E-state index contributed by atoms with van der Waals surface area (Å²) in [5.41, 5.74) is 1.95. The Morgan fingerprint density at radius 1 is 1.15 bits per heavy atom. The Hall–Kier alpha value is -2.23. The van der Waals surface area contributed by atoms with Gasteiger partial charge in [-0.2, -0.15) is 0 Å². The molecule has 1 aromatic carbocycles. The van der Waals surface area contributed by atoms with E-state index in [1.165, 1.54) is 12.1 Å². The van der Waals surface area contributed by atoms with Crippen LogP contribution in [-0.4, -0.2) is 29.9 Å². The molecule has 1 aromatic heterocycles. The predicted molar refractivity (Wildman–Crippen MR) is 117 cm³/mol. The van der Waals surface area contributed by atoms with E-state index in [-0.39, 0.29) is 42.1 Å². The van der Waals surface area contributed by atoms with Gasteiger partial charge in [-0.1, -0.05) is 18.2 Å². The molecule has 146 valence electrons. The molecule has 0 fully saturated rings. The maximum Gasteiger partial charge on any atom is 0.227 e. The number of benzene rings is 1. The summed E-state index contributed by atoms with van der Waals surface area (Å²) in [6, 6.07) is 9.89. The van der Waals surface area contributed by atoms with E-state index in [1.807, 2.05) is 19.9 Å². The SMILES string of the molecule is CCNC(=NCc1ccc(F)cc1)NCCC(=O)Nc1ccc(C)cn1.I. The molecule has 2 rings (SSSR count). The van der Waals surface area contributed by atoms with Crippen LogP contribution in [0.2, 0.25) is 0 Å². The van der Waals surface area contributed by atoms with Crippen molar-refractivity contribution < 1.29 is 9.18 Å². The number of amides is 1. The molecule has 0 bridgehead atoms. The van der Waals surface area contributed by atoms with Crippen molar-refractivity contribution in [2.75, 3.05) is 18.4 Å². The molecule has 0 radical (unpaired) electrons. The highest BCUT2D eigenvalue weighted by Crippen LogP contribution is 2.05. The molecule has 0 aliphatic rings. The standard InChI is InChI=1S/C19H24FN5O.HI/c1-3-21-19(24-13-15-5-7-16(20)8-6-15)22-11-10-18(26)25-17-9-4-14(2)12-23-17;/h4-9,12H,3,10-11,13H2,1-2H3,(H2,21,22,24)(H,23,25,26);1H. The van der Waals surface area contributed by atoms with Gasteiger partial charge in [0.25, 0.3) is 0 Å². The van der Waals surface area contributed by atoms with Crippen LogP contribution in [0.15, 0.2) is 47.6 Å². The normalized spacial score (nSPS) is 10.7. The third kappa shape index (κ3) is 8.80. The monoisotopic (exact) mass is 485 g/mol. The molecule has 0 saturated carbocycles. The Bertz CT molecular complexity index is 735. The molecule has 0 saturated heterocycles. The van der Waals surface area contributed by atoms with E-state index in [2.05, 4.69) is 25.9 Å². The van der Waals surface area contributed by atoms with Crippen LogP contribution in [0, 0.1) is 12.7 Å². The third-order valence-electron chi connectivity index (χ3n) is 3.50. The van der Waals surface area contributed by atoms with Gasteiger partial charge in [0.1, 0.15) is 11.6 Å². The number of hydrogen-bond donors (Lipinski definition) is 3. The summed E-state index contributed by atoms with van der Waals surface area (Å²) < 4.78 is 12.9. The largest absolute Gasteiger partial charge is 0.357 e. The van der Waals surface area contributed by atoms with Gasteiger partial charge in [0.2, 0.25) is 5.91 Å². The summed E-state index contributed by atoms with van der Waals surface area (Å²) in [7, 11) is 0. The topological polar surface area (TPSA) is 78.4 Å². The Morgan fingerprint density at radius 3 is 2.52 bits per heavy atom. The van der Waals surface area contributed by atoms with E-state index in [0.717, 1.165) is 11.1 Å². The third-order valence-corrected chi connectivity index (χ3v) is 3.50.